The maximum absolute atomic E-state index is 14.8. The van der Waals surface area contributed by atoms with Crippen molar-refractivity contribution < 1.29 is 48.1 Å². The van der Waals surface area contributed by atoms with E-state index < -0.39 is 83.1 Å². The normalized spacial score (nSPS) is 24.0. The third-order valence-electron chi connectivity index (χ3n) is 12.1. The van der Waals surface area contributed by atoms with E-state index >= 15 is 0 Å². The lowest BCUT2D eigenvalue weighted by atomic mass is 9.76. The third-order valence-corrected chi connectivity index (χ3v) is 12.1. The number of amides is 5. The summed E-state index contributed by atoms with van der Waals surface area (Å²) in [5.41, 5.74) is -0.788. The van der Waals surface area contributed by atoms with Crippen LogP contribution in [0.4, 0.5) is 4.79 Å². The standard InChI is InChI=1S/C40H65N5O10/c1-7-12-29(33(48)37(51)41-25-17-18-25)42-36(50)32-26-16-11-15-24(26)22-45(32)38(52)34(40(2,3)4)44-35(49)27(23-13-9-8-10-14-23)21-30(46)28(43-39(53)55-6)19-20-31(47)54-5/h23-29,32-34,48H,7-22H2,1-6H3,(H,41,51)(H,42,50)(H,43,53)(H,44,49)/t24-,26-,27-,28-,29-,32-,33?,34+/m0/s1. The van der Waals surface area contributed by atoms with Crippen LogP contribution >= 0.6 is 0 Å². The van der Waals surface area contributed by atoms with Crippen molar-refractivity contribution in [1.82, 2.24) is 26.2 Å². The number of carbonyl (C=O) groups excluding carboxylic acids is 7. The fourth-order valence-electron chi connectivity index (χ4n) is 8.77. The number of carbonyl (C=O) groups is 7. The van der Waals surface area contributed by atoms with Crippen molar-refractivity contribution in [2.45, 2.75) is 160 Å². The summed E-state index contributed by atoms with van der Waals surface area (Å²) in [4.78, 5) is 95.7. The van der Waals surface area contributed by atoms with Crippen molar-refractivity contribution in [3.05, 3.63) is 0 Å². The number of aliphatic hydroxyl groups excluding tert-OH is 1. The Morgan fingerprint density at radius 3 is 2.11 bits per heavy atom. The number of ether oxygens (including phenoxy) is 2. The van der Waals surface area contributed by atoms with E-state index in [4.69, 9.17) is 9.47 Å². The smallest absolute Gasteiger partial charge is 0.407 e. The van der Waals surface area contributed by atoms with E-state index in [1.54, 1.807) is 4.90 Å². The Morgan fingerprint density at radius 2 is 1.51 bits per heavy atom. The number of nitrogens with zero attached hydrogens (tertiary/aromatic N) is 1. The molecule has 55 heavy (non-hydrogen) atoms. The van der Waals surface area contributed by atoms with Gasteiger partial charge in [-0.3, -0.25) is 28.8 Å². The topological polar surface area (TPSA) is 210 Å². The molecule has 8 atom stereocenters. The number of hydrogen-bond acceptors (Lipinski definition) is 10. The van der Waals surface area contributed by atoms with Crippen molar-refractivity contribution in [1.29, 1.82) is 0 Å². The minimum atomic E-state index is -1.43. The average molecular weight is 776 g/mol. The molecule has 310 valence electrons. The van der Waals surface area contributed by atoms with E-state index in [9.17, 15) is 38.7 Å². The highest BCUT2D eigenvalue weighted by atomic mass is 16.5. The molecule has 15 heteroatoms. The maximum atomic E-state index is 14.8. The van der Waals surface area contributed by atoms with Gasteiger partial charge in [-0.2, -0.15) is 0 Å². The molecule has 0 aromatic carbocycles. The number of rotatable bonds is 18. The molecule has 4 aliphatic rings. The summed E-state index contributed by atoms with van der Waals surface area (Å²) in [6.07, 6.45) is 6.82. The number of fused-ring (bicyclic) bond motifs is 1. The van der Waals surface area contributed by atoms with Gasteiger partial charge in [0.15, 0.2) is 11.9 Å². The molecule has 0 radical (unpaired) electrons. The predicted octanol–water partition coefficient (Wildman–Crippen LogP) is 2.90. The van der Waals surface area contributed by atoms with Crippen LogP contribution in [0.1, 0.15) is 124 Å². The molecule has 5 amide bonds. The molecule has 3 saturated carbocycles. The SMILES string of the molecule is CCC[C@H](NC(=O)[C@@H]1[C@H]2CCC[C@H]2CN1C(=O)[C@@H](NC(=O)[C@@H](CC(=O)[C@H](CCC(=O)OC)NC(=O)OC)C1CCCCC1)C(C)(C)C)C(O)C(=O)NC1CC1. The molecule has 1 saturated heterocycles. The highest BCUT2D eigenvalue weighted by Crippen LogP contribution is 2.43. The van der Waals surface area contributed by atoms with Crippen molar-refractivity contribution >= 4 is 41.5 Å². The molecule has 1 aliphatic heterocycles. The zero-order valence-electron chi connectivity index (χ0n) is 33.7. The molecule has 0 spiro atoms. The summed E-state index contributed by atoms with van der Waals surface area (Å²) >= 11 is 0. The van der Waals surface area contributed by atoms with E-state index in [0.717, 1.165) is 64.2 Å². The van der Waals surface area contributed by atoms with E-state index in [2.05, 4.69) is 21.3 Å². The third kappa shape index (κ3) is 11.9. The van der Waals surface area contributed by atoms with Crippen LogP contribution in [-0.4, -0.2) is 109 Å². The summed E-state index contributed by atoms with van der Waals surface area (Å²) in [6, 6.07) is -3.75. The summed E-state index contributed by atoms with van der Waals surface area (Å²) in [5, 5.41) is 22.3. The average Bonchev–Trinajstić information content (AvgIpc) is 3.72. The van der Waals surface area contributed by atoms with Crippen molar-refractivity contribution in [3.8, 4) is 0 Å². The molecular weight excluding hydrogens is 710 g/mol. The fourth-order valence-corrected chi connectivity index (χ4v) is 8.77. The number of alkyl carbamates (subject to hydrolysis) is 1. The predicted molar refractivity (Wildman–Crippen MR) is 202 cm³/mol. The number of ketones is 1. The lowest BCUT2D eigenvalue weighted by Crippen LogP contribution is -2.61. The first kappa shape index (κ1) is 44.0. The van der Waals surface area contributed by atoms with Crippen LogP contribution in [0.15, 0.2) is 0 Å². The van der Waals surface area contributed by atoms with Crippen molar-refractivity contribution in [2.75, 3.05) is 20.8 Å². The number of nitrogens with one attached hydrogen (secondary N) is 4. The minimum Gasteiger partial charge on any atom is -0.469 e. The second-order valence-corrected chi connectivity index (χ2v) is 17.2. The second-order valence-electron chi connectivity index (χ2n) is 17.2. The molecule has 4 rings (SSSR count). The first-order chi connectivity index (χ1) is 26.1. The quantitative estimate of drug-likeness (QED) is 0.129. The van der Waals surface area contributed by atoms with Crippen LogP contribution in [0.5, 0.6) is 0 Å². The Bertz CT molecular complexity index is 1390. The molecule has 4 fully saturated rings. The second kappa shape index (κ2) is 19.9. The number of Topliss-reactive ketones (excluding diaryl/α,β-unsaturated/α-hetero) is 1. The Balaban J connectivity index is 1.56. The van der Waals surface area contributed by atoms with Gasteiger partial charge in [0.1, 0.15) is 12.1 Å². The molecule has 0 bridgehead atoms. The zero-order chi connectivity index (χ0) is 40.4. The van der Waals surface area contributed by atoms with Crippen LogP contribution in [0, 0.1) is 29.1 Å². The van der Waals surface area contributed by atoms with E-state index in [-0.39, 0.29) is 43.1 Å². The van der Waals surface area contributed by atoms with Crippen LogP contribution < -0.4 is 21.3 Å². The molecule has 15 nitrogen and oxygen atoms in total. The molecule has 3 aliphatic carbocycles. The van der Waals surface area contributed by atoms with Crippen LogP contribution in [0.3, 0.4) is 0 Å². The zero-order valence-corrected chi connectivity index (χ0v) is 33.7. The number of aliphatic hydroxyl groups is 1. The van der Waals surface area contributed by atoms with Crippen LogP contribution in [0.25, 0.3) is 0 Å². The van der Waals surface area contributed by atoms with Crippen LogP contribution in [-0.2, 0) is 38.2 Å². The molecule has 0 aromatic rings. The Labute approximate surface area is 325 Å². The highest BCUT2D eigenvalue weighted by Gasteiger charge is 2.52. The molecule has 1 unspecified atom stereocenters. The number of methoxy groups -OCH3 is 2. The summed E-state index contributed by atoms with van der Waals surface area (Å²) in [6.45, 7) is 7.79. The molecule has 5 N–H and O–H groups in total. The summed E-state index contributed by atoms with van der Waals surface area (Å²) < 4.78 is 9.45. The largest absolute Gasteiger partial charge is 0.469 e. The number of likely N-dealkylation sites (tertiary alicyclic amines) is 1. The highest BCUT2D eigenvalue weighted by molar-refractivity contribution is 5.96. The van der Waals surface area contributed by atoms with Gasteiger partial charge in [-0.15, -0.1) is 0 Å². The first-order valence-electron chi connectivity index (χ1n) is 20.4. The van der Waals surface area contributed by atoms with Gasteiger partial charge < -0.3 is 40.7 Å². The van der Waals surface area contributed by atoms with Crippen molar-refractivity contribution in [3.63, 3.8) is 0 Å². The van der Waals surface area contributed by atoms with Gasteiger partial charge in [0.2, 0.25) is 17.7 Å². The molecule has 0 aromatic heterocycles. The summed E-state index contributed by atoms with van der Waals surface area (Å²) in [5.74, 6) is -3.71. The van der Waals surface area contributed by atoms with Gasteiger partial charge in [0.25, 0.3) is 5.91 Å². The number of hydrogen-bond donors (Lipinski definition) is 5. The van der Waals surface area contributed by atoms with Gasteiger partial charge in [-0.05, 0) is 74.5 Å². The minimum absolute atomic E-state index is 0.0369. The Hall–Kier alpha value is -3.75. The van der Waals surface area contributed by atoms with Gasteiger partial charge in [0.05, 0.1) is 26.3 Å². The lowest BCUT2D eigenvalue weighted by molar-refractivity contribution is -0.146. The van der Waals surface area contributed by atoms with E-state index in [1.165, 1.54) is 14.2 Å². The lowest BCUT2D eigenvalue weighted by Gasteiger charge is -2.38. The van der Waals surface area contributed by atoms with Gasteiger partial charge in [-0.1, -0.05) is 59.8 Å². The fraction of sp³-hybridized carbons (Fsp3) is 0.825. The van der Waals surface area contributed by atoms with Gasteiger partial charge >= 0.3 is 12.1 Å². The Morgan fingerprint density at radius 1 is 0.818 bits per heavy atom. The number of esters is 1. The van der Waals surface area contributed by atoms with E-state index in [1.807, 2.05) is 27.7 Å². The summed E-state index contributed by atoms with van der Waals surface area (Å²) in [7, 11) is 2.40. The molecular formula is C40H65N5O10. The Kier molecular flexibility index (Phi) is 15.9. The first-order valence-corrected chi connectivity index (χ1v) is 20.4. The monoisotopic (exact) mass is 775 g/mol. The van der Waals surface area contributed by atoms with Crippen LogP contribution in [0.2, 0.25) is 0 Å². The maximum Gasteiger partial charge on any atom is 0.407 e. The molecule has 1 heterocycles. The van der Waals surface area contributed by atoms with Gasteiger partial charge in [-0.25, -0.2) is 4.79 Å². The van der Waals surface area contributed by atoms with E-state index in [0.29, 0.717) is 19.4 Å². The van der Waals surface area contributed by atoms with Crippen molar-refractivity contribution in [2.24, 2.45) is 29.1 Å². The van der Waals surface area contributed by atoms with Gasteiger partial charge in [0, 0.05) is 31.3 Å².